The lowest BCUT2D eigenvalue weighted by Gasteiger charge is -2.09. The lowest BCUT2D eigenvalue weighted by molar-refractivity contribution is -0.120. The van der Waals surface area contributed by atoms with Crippen LogP contribution in [0.25, 0.3) is 0 Å². The molecule has 0 aliphatic carbocycles. The molecule has 0 heterocycles. The van der Waals surface area contributed by atoms with Crippen LogP contribution in [0.5, 0.6) is 5.75 Å². The Morgan fingerprint density at radius 2 is 2.31 bits per heavy atom. The van der Waals surface area contributed by atoms with Gasteiger partial charge < -0.3 is 10.1 Å². The summed E-state index contributed by atoms with van der Waals surface area (Å²) in [6.45, 7) is 0.233. The van der Waals surface area contributed by atoms with E-state index in [0.29, 0.717) is 11.3 Å². The van der Waals surface area contributed by atoms with Gasteiger partial charge >= 0.3 is 0 Å². The van der Waals surface area contributed by atoms with Crippen LogP contribution < -0.4 is 10.1 Å². The van der Waals surface area contributed by atoms with E-state index in [1.54, 1.807) is 0 Å². The van der Waals surface area contributed by atoms with E-state index in [2.05, 4.69) is 5.32 Å². The zero-order valence-electron chi connectivity index (χ0n) is 8.93. The Kier molecular flexibility index (Phi) is 5.05. The van der Waals surface area contributed by atoms with Crippen molar-refractivity contribution in [2.75, 3.05) is 13.0 Å². The Bertz CT molecular complexity index is 371. The molecular weight excluding hydrogens is 233 g/mol. The monoisotopic (exact) mass is 245 g/mol. The number of rotatable bonds is 5. The fourth-order valence-corrected chi connectivity index (χ4v) is 1.42. The first-order valence-electron chi connectivity index (χ1n) is 4.82. The van der Waals surface area contributed by atoms with Gasteiger partial charge in [-0.25, -0.2) is 4.39 Å². The van der Waals surface area contributed by atoms with Crippen molar-refractivity contribution in [1.29, 1.82) is 0 Å². The van der Waals surface area contributed by atoms with Gasteiger partial charge in [-0.05, 0) is 18.2 Å². The van der Waals surface area contributed by atoms with Gasteiger partial charge in [-0.2, -0.15) is 0 Å². The highest BCUT2D eigenvalue weighted by Gasteiger charge is 2.06. The molecule has 1 aromatic rings. The summed E-state index contributed by atoms with van der Waals surface area (Å²) in [7, 11) is 1.50. The van der Waals surface area contributed by atoms with E-state index >= 15 is 0 Å². The van der Waals surface area contributed by atoms with Crippen molar-refractivity contribution in [3.05, 3.63) is 29.6 Å². The molecule has 3 nitrogen and oxygen atoms in total. The van der Waals surface area contributed by atoms with Gasteiger partial charge in [0.15, 0.2) is 0 Å². The third-order valence-electron chi connectivity index (χ3n) is 2.04. The lowest BCUT2D eigenvalue weighted by Crippen LogP contribution is -2.23. The molecule has 0 fully saturated rings. The Hall–Kier alpha value is -1.29. The van der Waals surface area contributed by atoms with E-state index in [1.165, 1.54) is 25.3 Å². The number of hydrogen-bond acceptors (Lipinski definition) is 2. The Labute approximate surface area is 98.5 Å². The van der Waals surface area contributed by atoms with Crippen LogP contribution in [0.2, 0.25) is 0 Å². The van der Waals surface area contributed by atoms with E-state index in [9.17, 15) is 9.18 Å². The average molecular weight is 246 g/mol. The summed E-state index contributed by atoms with van der Waals surface area (Å²) in [6.07, 6.45) is 0.249. The van der Waals surface area contributed by atoms with Crippen LogP contribution in [0.3, 0.4) is 0 Å². The van der Waals surface area contributed by atoms with Crippen LogP contribution in [0, 0.1) is 5.82 Å². The highest BCUT2D eigenvalue weighted by molar-refractivity contribution is 6.18. The van der Waals surface area contributed by atoms with E-state index in [0.717, 1.165) is 0 Å². The van der Waals surface area contributed by atoms with Crippen molar-refractivity contribution >= 4 is 17.5 Å². The first-order chi connectivity index (χ1) is 7.67. The quantitative estimate of drug-likeness (QED) is 0.807. The highest BCUT2D eigenvalue weighted by atomic mass is 35.5. The Morgan fingerprint density at radius 1 is 1.56 bits per heavy atom. The molecule has 88 valence electrons. The summed E-state index contributed by atoms with van der Waals surface area (Å²) in [5.41, 5.74) is 0.602. The number of carbonyl (C=O) groups excluding carboxylic acids is 1. The summed E-state index contributed by atoms with van der Waals surface area (Å²) in [5.74, 6) is 0.294. The molecule has 0 atom stereocenters. The molecule has 0 saturated heterocycles. The van der Waals surface area contributed by atoms with Crippen molar-refractivity contribution < 1.29 is 13.9 Å². The van der Waals surface area contributed by atoms with Crippen LogP contribution in [0.4, 0.5) is 4.39 Å². The molecule has 0 aliphatic rings. The maximum atomic E-state index is 13.0. The molecular formula is C11H13ClFNO2. The first kappa shape index (κ1) is 12.8. The molecule has 0 spiro atoms. The van der Waals surface area contributed by atoms with Gasteiger partial charge in [0.2, 0.25) is 5.91 Å². The van der Waals surface area contributed by atoms with Crippen molar-refractivity contribution in [3.63, 3.8) is 0 Å². The van der Waals surface area contributed by atoms with Gasteiger partial charge in [0.1, 0.15) is 11.6 Å². The second-order valence-electron chi connectivity index (χ2n) is 3.17. The molecule has 0 unspecified atom stereocenters. The Balaban J connectivity index is 2.65. The number of carbonyl (C=O) groups is 1. The smallest absolute Gasteiger partial charge is 0.221 e. The number of nitrogens with one attached hydrogen (secondary N) is 1. The summed E-state index contributed by atoms with van der Waals surface area (Å²) in [4.78, 5) is 11.2. The van der Waals surface area contributed by atoms with E-state index in [-0.39, 0.29) is 30.6 Å². The van der Waals surface area contributed by atoms with E-state index in [4.69, 9.17) is 16.3 Å². The largest absolute Gasteiger partial charge is 0.496 e. The molecule has 1 rings (SSSR count). The molecule has 0 saturated carbocycles. The molecule has 0 radical (unpaired) electrons. The molecule has 0 aliphatic heterocycles. The summed E-state index contributed by atoms with van der Waals surface area (Å²) in [5, 5.41) is 2.63. The van der Waals surface area contributed by atoms with Gasteiger partial charge in [0, 0.05) is 24.4 Å². The highest BCUT2D eigenvalue weighted by Crippen LogP contribution is 2.18. The van der Waals surface area contributed by atoms with Crippen LogP contribution in [0.15, 0.2) is 18.2 Å². The minimum Gasteiger partial charge on any atom is -0.496 e. The lowest BCUT2D eigenvalue weighted by atomic mass is 10.2. The number of ether oxygens (including phenoxy) is 1. The van der Waals surface area contributed by atoms with Crippen LogP contribution >= 0.6 is 11.6 Å². The maximum Gasteiger partial charge on any atom is 0.221 e. The zero-order chi connectivity index (χ0) is 12.0. The minimum absolute atomic E-state index is 0.165. The molecule has 0 bridgehead atoms. The molecule has 5 heteroatoms. The molecule has 0 aromatic heterocycles. The van der Waals surface area contributed by atoms with E-state index in [1.807, 2.05) is 0 Å². The number of halogens is 2. The van der Waals surface area contributed by atoms with Gasteiger partial charge in [0.25, 0.3) is 0 Å². The maximum absolute atomic E-state index is 13.0. The number of alkyl halides is 1. The predicted molar refractivity (Wildman–Crippen MR) is 60.1 cm³/mol. The molecule has 1 amide bonds. The van der Waals surface area contributed by atoms with Gasteiger partial charge in [0.05, 0.1) is 7.11 Å². The van der Waals surface area contributed by atoms with E-state index < -0.39 is 0 Å². The second-order valence-corrected chi connectivity index (χ2v) is 3.55. The molecule has 1 aromatic carbocycles. The normalized spacial score (nSPS) is 9.94. The number of methoxy groups -OCH3 is 1. The summed E-state index contributed by atoms with van der Waals surface area (Å²) in [6, 6.07) is 4.17. The third-order valence-corrected chi connectivity index (χ3v) is 2.23. The summed E-state index contributed by atoms with van der Waals surface area (Å²) < 4.78 is 18.0. The average Bonchev–Trinajstić information content (AvgIpc) is 2.27. The zero-order valence-corrected chi connectivity index (χ0v) is 9.68. The SMILES string of the molecule is COc1ccc(F)cc1CNC(=O)CCCl. The molecule has 16 heavy (non-hydrogen) atoms. The van der Waals surface area contributed by atoms with Gasteiger partial charge in [-0.3, -0.25) is 4.79 Å². The fourth-order valence-electron chi connectivity index (χ4n) is 1.25. The topological polar surface area (TPSA) is 38.3 Å². The fraction of sp³-hybridized carbons (Fsp3) is 0.364. The standard InChI is InChI=1S/C11H13ClFNO2/c1-16-10-3-2-9(13)6-8(10)7-14-11(15)4-5-12/h2-3,6H,4-5,7H2,1H3,(H,14,15). The van der Waals surface area contributed by atoms with Crippen molar-refractivity contribution in [2.24, 2.45) is 0 Å². The van der Waals surface area contributed by atoms with Crippen molar-refractivity contribution in [1.82, 2.24) is 5.32 Å². The minimum atomic E-state index is -0.359. The van der Waals surface area contributed by atoms with Gasteiger partial charge in [-0.1, -0.05) is 0 Å². The summed E-state index contributed by atoms with van der Waals surface area (Å²) >= 11 is 5.42. The van der Waals surface area contributed by atoms with Gasteiger partial charge in [-0.15, -0.1) is 11.6 Å². The van der Waals surface area contributed by atoms with Crippen molar-refractivity contribution in [2.45, 2.75) is 13.0 Å². The predicted octanol–water partition coefficient (Wildman–Crippen LogP) is 2.08. The second kappa shape index (κ2) is 6.33. The first-order valence-corrected chi connectivity index (χ1v) is 5.36. The van der Waals surface area contributed by atoms with Crippen molar-refractivity contribution in [3.8, 4) is 5.75 Å². The van der Waals surface area contributed by atoms with Crippen LogP contribution in [0.1, 0.15) is 12.0 Å². The van der Waals surface area contributed by atoms with Crippen LogP contribution in [-0.4, -0.2) is 18.9 Å². The number of hydrogen-bond donors (Lipinski definition) is 1. The number of benzene rings is 1. The third kappa shape index (κ3) is 3.70. The van der Waals surface area contributed by atoms with Crippen LogP contribution in [-0.2, 0) is 11.3 Å². The Morgan fingerprint density at radius 3 is 2.94 bits per heavy atom. The number of amides is 1. The molecule has 1 N–H and O–H groups in total.